The molecule has 3 rings (SSSR count). The third kappa shape index (κ3) is 2.17. The van der Waals surface area contributed by atoms with Crippen molar-refractivity contribution in [1.29, 1.82) is 0 Å². The summed E-state index contributed by atoms with van der Waals surface area (Å²) in [5.41, 5.74) is 2.78. The molecule has 1 nitrogen and oxygen atoms in total. The van der Waals surface area contributed by atoms with Crippen molar-refractivity contribution >= 4 is 17.0 Å². The Bertz CT molecular complexity index is 503. The molecular weight excluding hydrogens is 238 g/mol. The van der Waals surface area contributed by atoms with Crippen LogP contribution in [-0.4, -0.2) is 12.6 Å². The number of benzene rings is 1. The Kier molecular flexibility index (Phi) is 3.37. The van der Waals surface area contributed by atoms with Crippen LogP contribution in [-0.2, 0) is 0 Å². The maximum Gasteiger partial charge on any atom is 0.0576 e. The number of anilines is 1. The lowest BCUT2D eigenvalue weighted by Crippen LogP contribution is -2.37. The molecule has 1 saturated heterocycles. The molecule has 0 radical (unpaired) electrons. The lowest BCUT2D eigenvalue weighted by molar-refractivity contribution is 0.485. The van der Waals surface area contributed by atoms with E-state index in [-0.39, 0.29) is 0 Å². The van der Waals surface area contributed by atoms with Crippen LogP contribution >= 0.6 is 11.3 Å². The molecular formula is C16H19NS. The first kappa shape index (κ1) is 11.8. The second kappa shape index (κ2) is 5.15. The van der Waals surface area contributed by atoms with Gasteiger partial charge in [-0.2, -0.15) is 0 Å². The van der Waals surface area contributed by atoms with Crippen LogP contribution < -0.4 is 4.90 Å². The molecule has 94 valence electrons. The predicted octanol–water partition coefficient (Wildman–Crippen LogP) is 4.79. The molecule has 0 N–H and O–H groups in total. The third-order valence-corrected chi connectivity index (χ3v) is 4.75. The highest BCUT2D eigenvalue weighted by Crippen LogP contribution is 2.38. The molecule has 0 amide bonds. The van der Waals surface area contributed by atoms with Gasteiger partial charge in [0.2, 0.25) is 0 Å². The van der Waals surface area contributed by atoms with Crippen LogP contribution in [0.1, 0.15) is 26.2 Å². The summed E-state index contributed by atoms with van der Waals surface area (Å²) in [5.74, 6) is 0. The Labute approximate surface area is 113 Å². The van der Waals surface area contributed by atoms with Crippen molar-refractivity contribution in [1.82, 2.24) is 0 Å². The number of piperidine rings is 1. The standard InChI is InChI=1S/C16H19NS/c1-13-7-5-6-11-17(13)15-10-12-18-16(15)14-8-3-2-4-9-14/h2-4,8-10,12-13H,5-7,11H2,1H3. The van der Waals surface area contributed by atoms with Crippen molar-refractivity contribution in [2.45, 2.75) is 32.2 Å². The zero-order valence-electron chi connectivity index (χ0n) is 10.8. The fraction of sp³-hybridized carbons (Fsp3) is 0.375. The monoisotopic (exact) mass is 257 g/mol. The molecule has 0 aliphatic carbocycles. The quantitative estimate of drug-likeness (QED) is 0.747. The second-order valence-corrected chi connectivity index (χ2v) is 5.96. The van der Waals surface area contributed by atoms with Gasteiger partial charge in [0.05, 0.1) is 10.6 Å². The van der Waals surface area contributed by atoms with E-state index in [0.29, 0.717) is 6.04 Å². The van der Waals surface area contributed by atoms with Crippen molar-refractivity contribution in [3.8, 4) is 10.4 Å². The van der Waals surface area contributed by atoms with E-state index in [1.807, 2.05) is 11.3 Å². The first-order valence-electron chi connectivity index (χ1n) is 6.76. The molecule has 1 aromatic carbocycles. The zero-order chi connectivity index (χ0) is 12.4. The summed E-state index contributed by atoms with van der Waals surface area (Å²) >= 11 is 1.86. The van der Waals surface area contributed by atoms with Crippen molar-refractivity contribution in [2.75, 3.05) is 11.4 Å². The Morgan fingerprint density at radius 3 is 2.72 bits per heavy atom. The third-order valence-electron chi connectivity index (χ3n) is 3.79. The van der Waals surface area contributed by atoms with Gasteiger partial charge < -0.3 is 4.90 Å². The van der Waals surface area contributed by atoms with Gasteiger partial charge in [-0.15, -0.1) is 11.3 Å². The summed E-state index contributed by atoms with van der Waals surface area (Å²) in [6.07, 6.45) is 4.03. The number of thiophene rings is 1. The van der Waals surface area contributed by atoms with Crippen LogP contribution in [0, 0.1) is 0 Å². The van der Waals surface area contributed by atoms with E-state index in [1.165, 1.54) is 41.9 Å². The molecule has 0 spiro atoms. The van der Waals surface area contributed by atoms with Crippen LogP contribution in [0.15, 0.2) is 41.8 Å². The molecule has 1 aliphatic heterocycles. The summed E-state index contributed by atoms with van der Waals surface area (Å²) in [7, 11) is 0. The molecule has 0 saturated carbocycles. The van der Waals surface area contributed by atoms with Crippen LogP contribution in [0.25, 0.3) is 10.4 Å². The van der Waals surface area contributed by atoms with Crippen LogP contribution in [0.3, 0.4) is 0 Å². The van der Waals surface area contributed by atoms with Crippen LogP contribution in [0.2, 0.25) is 0 Å². The SMILES string of the molecule is CC1CCCCN1c1ccsc1-c1ccccc1. The lowest BCUT2D eigenvalue weighted by atomic mass is 10.0. The smallest absolute Gasteiger partial charge is 0.0576 e. The summed E-state index contributed by atoms with van der Waals surface area (Å²) in [5, 5.41) is 2.22. The van der Waals surface area contributed by atoms with Crippen molar-refractivity contribution in [3.63, 3.8) is 0 Å². The van der Waals surface area contributed by atoms with E-state index >= 15 is 0 Å². The molecule has 2 aromatic rings. The maximum absolute atomic E-state index is 2.59. The Morgan fingerprint density at radius 2 is 1.94 bits per heavy atom. The molecule has 2 heteroatoms. The molecule has 18 heavy (non-hydrogen) atoms. The minimum absolute atomic E-state index is 0.677. The number of rotatable bonds is 2. The van der Waals surface area contributed by atoms with Crippen molar-refractivity contribution in [3.05, 3.63) is 41.8 Å². The summed E-state index contributed by atoms with van der Waals surface area (Å²) in [4.78, 5) is 4.01. The molecule has 1 unspecified atom stereocenters. The Balaban J connectivity index is 1.96. The molecule has 1 fully saturated rings. The van der Waals surface area contributed by atoms with E-state index in [9.17, 15) is 0 Å². The van der Waals surface area contributed by atoms with E-state index in [2.05, 4.69) is 53.6 Å². The first-order chi connectivity index (χ1) is 8.86. The number of nitrogens with zero attached hydrogens (tertiary/aromatic N) is 1. The zero-order valence-corrected chi connectivity index (χ0v) is 11.6. The lowest BCUT2D eigenvalue weighted by Gasteiger charge is -2.35. The van der Waals surface area contributed by atoms with E-state index in [1.54, 1.807) is 0 Å². The molecule has 1 aliphatic rings. The topological polar surface area (TPSA) is 3.24 Å². The average molecular weight is 257 g/mol. The van der Waals surface area contributed by atoms with Crippen molar-refractivity contribution in [2.24, 2.45) is 0 Å². The van der Waals surface area contributed by atoms with Gasteiger partial charge in [-0.25, -0.2) is 0 Å². The molecule has 1 atom stereocenters. The van der Waals surface area contributed by atoms with Gasteiger partial charge in [0, 0.05) is 12.6 Å². The number of hydrogen-bond donors (Lipinski definition) is 0. The summed E-state index contributed by atoms with van der Waals surface area (Å²) in [6, 6.07) is 13.7. The normalized spacial score (nSPS) is 20.1. The minimum Gasteiger partial charge on any atom is -0.368 e. The molecule has 1 aromatic heterocycles. The van der Waals surface area contributed by atoms with Gasteiger partial charge in [-0.1, -0.05) is 30.3 Å². The number of hydrogen-bond acceptors (Lipinski definition) is 2. The Morgan fingerprint density at radius 1 is 1.11 bits per heavy atom. The largest absolute Gasteiger partial charge is 0.368 e. The predicted molar refractivity (Wildman–Crippen MR) is 80.4 cm³/mol. The maximum atomic E-state index is 2.59. The van der Waals surface area contributed by atoms with Gasteiger partial charge in [0.1, 0.15) is 0 Å². The highest BCUT2D eigenvalue weighted by atomic mass is 32.1. The molecule has 0 bridgehead atoms. The fourth-order valence-electron chi connectivity index (χ4n) is 2.79. The van der Waals surface area contributed by atoms with E-state index in [0.717, 1.165) is 0 Å². The van der Waals surface area contributed by atoms with E-state index < -0.39 is 0 Å². The van der Waals surface area contributed by atoms with Gasteiger partial charge in [0.25, 0.3) is 0 Å². The minimum atomic E-state index is 0.677. The van der Waals surface area contributed by atoms with Gasteiger partial charge in [0.15, 0.2) is 0 Å². The van der Waals surface area contributed by atoms with Crippen LogP contribution in [0.4, 0.5) is 5.69 Å². The fourth-order valence-corrected chi connectivity index (χ4v) is 3.70. The van der Waals surface area contributed by atoms with Gasteiger partial charge in [-0.3, -0.25) is 0 Å². The van der Waals surface area contributed by atoms with Crippen LogP contribution in [0.5, 0.6) is 0 Å². The molecule has 2 heterocycles. The average Bonchev–Trinajstić information content (AvgIpc) is 2.89. The second-order valence-electron chi connectivity index (χ2n) is 5.04. The first-order valence-corrected chi connectivity index (χ1v) is 7.64. The van der Waals surface area contributed by atoms with E-state index in [4.69, 9.17) is 0 Å². The summed E-state index contributed by atoms with van der Waals surface area (Å²) in [6.45, 7) is 3.56. The van der Waals surface area contributed by atoms with Crippen molar-refractivity contribution < 1.29 is 0 Å². The summed E-state index contributed by atoms with van der Waals surface area (Å²) < 4.78 is 0. The van der Waals surface area contributed by atoms with Gasteiger partial charge >= 0.3 is 0 Å². The Hall–Kier alpha value is -1.28. The van der Waals surface area contributed by atoms with Gasteiger partial charge in [-0.05, 0) is 43.2 Å². The highest BCUT2D eigenvalue weighted by molar-refractivity contribution is 7.14. The highest BCUT2D eigenvalue weighted by Gasteiger charge is 2.21.